The number of hydrogen-bond donors (Lipinski definition) is 2. The molecule has 19 heavy (non-hydrogen) atoms. The molecule has 1 unspecified atom stereocenters. The highest BCUT2D eigenvalue weighted by atomic mass is 16.1. The highest BCUT2D eigenvalue weighted by Crippen LogP contribution is 2.16. The summed E-state index contributed by atoms with van der Waals surface area (Å²) in [5, 5.41) is 3.04. The zero-order chi connectivity index (χ0) is 14.3. The van der Waals surface area contributed by atoms with Crippen molar-refractivity contribution < 1.29 is 4.79 Å². The Kier molecular flexibility index (Phi) is 6.57. The molecule has 3 heteroatoms. The highest BCUT2D eigenvalue weighted by Gasteiger charge is 2.16. The normalized spacial score (nSPS) is 14.2. The zero-order valence-electron chi connectivity index (χ0n) is 12.2. The topological polar surface area (TPSA) is 55.1 Å². The van der Waals surface area contributed by atoms with E-state index in [1.54, 1.807) is 0 Å². The van der Waals surface area contributed by atoms with E-state index >= 15 is 0 Å². The first-order chi connectivity index (χ1) is 9.02. The predicted octanol–water partition coefficient (Wildman–Crippen LogP) is 2.87. The van der Waals surface area contributed by atoms with Gasteiger partial charge in [0.15, 0.2) is 0 Å². The van der Waals surface area contributed by atoms with Gasteiger partial charge in [-0.25, -0.2) is 0 Å². The number of carbonyl (C=O) groups is 1. The minimum Gasteiger partial charge on any atom is -0.350 e. The lowest BCUT2D eigenvalue weighted by Gasteiger charge is -2.19. The Labute approximate surface area is 116 Å². The highest BCUT2D eigenvalue weighted by molar-refractivity contribution is 5.76. The second-order valence-corrected chi connectivity index (χ2v) is 5.64. The van der Waals surface area contributed by atoms with Crippen LogP contribution in [0.1, 0.15) is 45.2 Å². The molecule has 0 saturated heterocycles. The van der Waals surface area contributed by atoms with Crippen molar-refractivity contribution in [3.63, 3.8) is 0 Å². The van der Waals surface area contributed by atoms with Crippen LogP contribution >= 0.6 is 0 Å². The largest absolute Gasteiger partial charge is 0.350 e. The minimum atomic E-state index is 0.0474. The van der Waals surface area contributed by atoms with Crippen LogP contribution in [-0.4, -0.2) is 12.5 Å². The molecule has 3 nitrogen and oxygen atoms in total. The Bertz CT molecular complexity index is 376. The Balaban J connectivity index is 2.46. The van der Waals surface area contributed by atoms with Crippen molar-refractivity contribution >= 4 is 5.91 Å². The van der Waals surface area contributed by atoms with Crippen LogP contribution in [0.3, 0.4) is 0 Å². The molecule has 3 N–H and O–H groups in total. The first kappa shape index (κ1) is 15.7. The predicted molar refractivity (Wildman–Crippen MR) is 79.6 cm³/mol. The van der Waals surface area contributed by atoms with E-state index in [1.807, 2.05) is 37.3 Å². The van der Waals surface area contributed by atoms with Gasteiger partial charge in [-0.15, -0.1) is 0 Å². The summed E-state index contributed by atoms with van der Waals surface area (Å²) in [6.07, 6.45) is 1.52. The van der Waals surface area contributed by atoms with Crippen LogP contribution in [0.5, 0.6) is 0 Å². The average Bonchev–Trinajstić information content (AvgIpc) is 2.38. The van der Waals surface area contributed by atoms with E-state index in [1.165, 1.54) is 0 Å². The fourth-order valence-corrected chi connectivity index (χ4v) is 2.32. The van der Waals surface area contributed by atoms with Crippen molar-refractivity contribution in [2.75, 3.05) is 6.54 Å². The summed E-state index contributed by atoms with van der Waals surface area (Å²) >= 11 is 0. The third-order valence-electron chi connectivity index (χ3n) is 3.29. The molecule has 0 spiro atoms. The van der Waals surface area contributed by atoms with Crippen LogP contribution in [0, 0.1) is 11.8 Å². The molecule has 0 saturated carbocycles. The summed E-state index contributed by atoms with van der Waals surface area (Å²) in [4.78, 5) is 12.0. The van der Waals surface area contributed by atoms with Gasteiger partial charge in [-0.05, 0) is 37.3 Å². The molecule has 106 valence electrons. The third-order valence-corrected chi connectivity index (χ3v) is 3.29. The van der Waals surface area contributed by atoms with Crippen molar-refractivity contribution in [1.82, 2.24) is 5.32 Å². The van der Waals surface area contributed by atoms with E-state index in [0.717, 1.165) is 12.0 Å². The maximum Gasteiger partial charge on any atom is 0.220 e. The lowest BCUT2D eigenvalue weighted by atomic mass is 9.94. The van der Waals surface area contributed by atoms with Crippen LogP contribution in [0.25, 0.3) is 0 Å². The smallest absolute Gasteiger partial charge is 0.220 e. The molecule has 0 aromatic heterocycles. The summed E-state index contributed by atoms with van der Waals surface area (Å²) in [7, 11) is 0. The lowest BCUT2D eigenvalue weighted by Crippen LogP contribution is -2.30. The van der Waals surface area contributed by atoms with Crippen LogP contribution in [0.4, 0.5) is 0 Å². The van der Waals surface area contributed by atoms with Gasteiger partial charge in [-0.2, -0.15) is 0 Å². The Hall–Kier alpha value is -1.35. The van der Waals surface area contributed by atoms with Gasteiger partial charge in [-0.1, -0.05) is 44.2 Å². The lowest BCUT2D eigenvalue weighted by molar-refractivity contribution is -0.122. The van der Waals surface area contributed by atoms with Crippen molar-refractivity contribution in [1.29, 1.82) is 0 Å². The molecule has 0 aliphatic rings. The molecule has 0 aliphatic heterocycles. The fourth-order valence-electron chi connectivity index (χ4n) is 2.32. The second-order valence-electron chi connectivity index (χ2n) is 5.64. The van der Waals surface area contributed by atoms with E-state index in [4.69, 9.17) is 5.73 Å². The Morgan fingerprint density at radius 3 is 2.37 bits per heavy atom. The second kappa shape index (κ2) is 7.95. The first-order valence-electron chi connectivity index (χ1n) is 7.07. The molecule has 1 rings (SSSR count). The summed E-state index contributed by atoms with van der Waals surface area (Å²) in [6, 6.07) is 10.1. The van der Waals surface area contributed by atoms with Gasteiger partial charge in [-0.3, -0.25) is 4.79 Å². The van der Waals surface area contributed by atoms with Gasteiger partial charge in [0.25, 0.3) is 0 Å². The summed E-state index contributed by atoms with van der Waals surface area (Å²) < 4.78 is 0. The van der Waals surface area contributed by atoms with Gasteiger partial charge in [0.1, 0.15) is 0 Å². The summed E-state index contributed by atoms with van der Waals surface area (Å²) in [5.74, 6) is 0.948. The fraction of sp³-hybridized carbons (Fsp3) is 0.562. The number of benzene rings is 1. The number of rotatable bonds is 7. The van der Waals surface area contributed by atoms with Crippen molar-refractivity contribution in [2.45, 2.75) is 39.7 Å². The number of carbonyl (C=O) groups excluding carboxylic acids is 1. The number of amides is 1. The molecule has 0 fully saturated rings. The molecule has 2 atom stereocenters. The number of nitrogens with two attached hydrogens (primary N) is 1. The van der Waals surface area contributed by atoms with Gasteiger partial charge in [0.05, 0.1) is 6.04 Å². The summed E-state index contributed by atoms with van der Waals surface area (Å²) in [5.41, 5.74) is 6.86. The van der Waals surface area contributed by atoms with Crippen molar-refractivity contribution in [3.05, 3.63) is 35.9 Å². The quantitative estimate of drug-likeness (QED) is 0.794. The molecule has 1 amide bonds. The van der Waals surface area contributed by atoms with E-state index in [-0.39, 0.29) is 17.9 Å². The van der Waals surface area contributed by atoms with Gasteiger partial charge in [0, 0.05) is 6.42 Å². The van der Waals surface area contributed by atoms with Gasteiger partial charge >= 0.3 is 0 Å². The molecule has 0 radical (unpaired) electrons. The van der Waals surface area contributed by atoms with Gasteiger partial charge in [0.2, 0.25) is 5.91 Å². The number of hydrogen-bond acceptors (Lipinski definition) is 2. The molecule has 1 aromatic rings. The molecular weight excluding hydrogens is 236 g/mol. The molecule has 0 bridgehead atoms. The van der Waals surface area contributed by atoms with Crippen LogP contribution in [0.2, 0.25) is 0 Å². The van der Waals surface area contributed by atoms with E-state index < -0.39 is 0 Å². The Morgan fingerprint density at radius 2 is 1.84 bits per heavy atom. The third kappa shape index (κ3) is 5.88. The molecule has 0 aliphatic carbocycles. The molecule has 0 heterocycles. The van der Waals surface area contributed by atoms with E-state index in [2.05, 4.69) is 19.2 Å². The molecular formula is C16H26N2O. The van der Waals surface area contributed by atoms with Crippen LogP contribution < -0.4 is 11.1 Å². The monoisotopic (exact) mass is 262 g/mol. The standard InChI is InChI=1S/C16H26N2O/c1-12(2)9-14(11-17)10-16(19)18-13(3)15-7-5-4-6-8-15/h4-8,12-14H,9-11,17H2,1-3H3,(H,18,19)/t13-,14?/m1/s1. The van der Waals surface area contributed by atoms with Crippen LogP contribution in [-0.2, 0) is 4.79 Å². The number of nitrogens with one attached hydrogen (secondary N) is 1. The first-order valence-corrected chi connectivity index (χ1v) is 7.07. The van der Waals surface area contributed by atoms with Crippen LogP contribution in [0.15, 0.2) is 30.3 Å². The SMILES string of the molecule is CC(C)CC(CN)CC(=O)N[C@H](C)c1ccccc1. The van der Waals surface area contributed by atoms with Crippen molar-refractivity contribution in [3.8, 4) is 0 Å². The summed E-state index contributed by atoms with van der Waals surface area (Å²) in [6.45, 7) is 6.90. The van der Waals surface area contributed by atoms with E-state index in [0.29, 0.717) is 18.9 Å². The average molecular weight is 262 g/mol. The maximum absolute atomic E-state index is 12.0. The van der Waals surface area contributed by atoms with E-state index in [9.17, 15) is 4.79 Å². The minimum absolute atomic E-state index is 0.0474. The van der Waals surface area contributed by atoms with Crippen molar-refractivity contribution in [2.24, 2.45) is 17.6 Å². The molecule has 1 aromatic carbocycles. The zero-order valence-corrected chi connectivity index (χ0v) is 12.2. The Morgan fingerprint density at radius 1 is 1.21 bits per heavy atom. The van der Waals surface area contributed by atoms with Gasteiger partial charge < -0.3 is 11.1 Å². The maximum atomic E-state index is 12.0.